The number of hydrogen-bond acceptors (Lipinski definition) is 5. The molecule has 39 heavy (non-hydrogen) atoms. The molecule has 2 aliphatic heterocycles. The van der Waals surface area contributed by atoms with E-state index in [-0.39, 0.29) is 29.9 Å². The van der Waals surface area contributed by atoms with E-state index in [4.69, 9.17) is 4.74 Å². The molecule has 0 unspecified atom stereocenters. The number of carbonyl (C=O) groups excluding carboxylic acids is 2. The van der Waals surface area contributed by atoms with Crippen LogP contribution in [0.15, 0.2) is 77.3 Å². The zero-order valence-electron chi connectivity index (χ0n) is 22.2. The molecule has 1 spiro atoms. The first-order valence-electron chi connectivity index (χ1n) is 13.1. The number of aliphatic hydroxyl groups excluding tert-OH is 1. The van der Waals surface area contributed by atoms with Crippen molar-refractivity contribution in [2.24, 2.45) is 5.92 Å². The molecule has 5 rings (SSSR count). The normalized spacial score (nSPS) is 24.3. The number of aliphatic hydroxyl groups is 1. The molecule has 3 aromatic carbocycles. The van der Waals surface area contributed by atoms with Gasteiger partial charge in [0.2, 0.25) is 0 Å². The quantitative estimate of drug-likeness (QED) is 0.311. The summed E-state index contributed by atoms with van der Waals surface area (Å²) in [5.41, 5.74) is 2.25. The molecule has 7 nitrogen and oxygen atoms in total. The second-order valence-corrected chi connectivity index (χ2v) is 15.8. The van der Waals surface area contributed by atoms with Gasteiger partial charge in [-0.05, 0) is 67.5 Å². The van der Waals surface area contributed by atoms with Crippen LogP contribution in [0.2, 0.25) is 18.6 Å². The Morgan fingerprint density at radius 3 is 2.44 bits per heavy atom. The number of carbonyl (C=O) groups is 2. The minimum atomic E-state index is -2.74. The van der Waals surface area contributed by atoms with E-state index < -0.39 is 20.0 Å². The van der Waals surface area contributed by atoms with Crippen LogP contribution in [0.1, 0.15) is 34.8 Å². The summed E-state index contributed by atoms with van der Waals surface area (Å²) in [7, 11) is -2.74. The van der Waals surface area contributed by atoms with E-state index in [2.05, 4.69) is 21.2 Å². The molecule has 3 aromatic rings. The van der Waals surface area contributed by atoms with E-state index in [0.29, 0.717) is 24.2 Å². The zero-order chi connectivity index (χ0) is 27.9. The van der Waals surface area contributed by atoms with Crippen molar-refractivity contribution in [2.45, 2.75) is 50.2 Å². The van der Waals surface area contributed by atoms with Crippen LogP contribution in [0, 0.1) is 5.92 Å². The van der Waals surface area contributed by atoms with E-state index in [9.17, 15) is 19.5 Å². The molecule has 0 bridgehead atoms. The van der Waals surface area contributed by atoms with E-state index in [0.717, 1.165) is 21.3 Å². The molecule has 1 fully saturated rings. The molecule has 0 radical (unpaired) electrons. The van der Waals surface area contributed by atoms with Crippen molar-refractivity contribution < 1.29 is 24.2 Å². The summed E-state index contributed by atoms with van der Waals surface area (Å²) in [4.78, 5) is 39.8. The number of hydrogen-bond donors (Lipinski definition) is 3. The molecule has 0 saturated carbocycles. The minimum absolute atomic E-state index is 0.0785. The van der Waals surface area contributed by atoms with Crippen molar-refractivity contribution in [3.63, 3.8) is 0 Å². The highest BCUT2D eigenvalue weighted by Gasteiger charge is 2.66. The summed E-state index contributed by atoms with van der Waals surface area (Å²) >= 11 is 3.57. The molecule has 204 valence electrons. The summed E-state index contributed by atoms with van der Waals surface area (Å²) in [6, 6.07) is 22.3. The maximum absolute atomic E-state index is 14.3. The van der Waals surface area contributed by atoms with Gasteiger partial charge in [-0.25, -0.2) is 0 Å². The van der Waals surface area contributed by atoms with Gasteiger partial charge in [0.1, 0.15) is 0 Å². The summed E-state index contributed by atoms with van der Waals surface area (Å²) in [6.45, 7) is 5.98. The van der Waals surface area contributed by atoms with Gasteiger partial charge in [-0.3, -0.25) is 9.59 Å². The van der Waals surface area contributed by atoms with Gasteiger partial charge in [-0.1, -0.05) is 53.2 Å². The number of anilines is 2. The largest absolute Gasteiger partial charge is 0.432 e. The fourth-order valence-electron chi connectivity index (χ4n) is 6.27. The first-order chi connectivity index (χ1) is 18.6. The molecule has 2 amide bonds. The summed E-state index contributed by atoms with van der Waals surface area (Å²) in [5.74, 6) is -0.621. The maximum atomic E-state index is 14.3. The predicted molar refractivity (Wildman–Crippen MR) is 157 cm³/mol. The zero-order valence-corrected chi connectivity index (χ0v) is 24.8. The van der Waals surface area contributed by atoms with Crippen molar-refractivity contribution in [1.82, 2.24) is 0 Å². The van der Waals surface area contributed by atoms with Crippen LogP contribution in [-0.4, -0.2) is 42.7 Å². The Balaban J connectivity index is 1.43. The molecule has 2 aliphatic rings. The number of benzene rings is 3. The summed E-state index contributed by atoms with van der Waals surface area (Å²) in [6.07, 6.45) is -0.0551. The van der Waals surface area contributed by atoms with Gasteiger partial charge < -0.3 is 24.9 Å². The van der Waals surface area contributed by atoms with Gasteiger partial charge in [-0.15, -0.1) is 0 Å². The molecule has 3 N–H and O–H groups in total. The third-order valence-corrected chi connectivity index (χ3v) is 10.9. The van der Waals surface area contributed by atoms with Crippen molar-refractivity contribution >= 4 is 47.4 Å². The first kappa shape index (κ1) is 27.7. The number of nitrogens with one attached hydrogen (secondary N) is 1. The van der Waals surface area contributed by atoms with Crippen LogP contribution in [-0.2, 0) is 21.7 Å². The van der Waals surface area contributed by atoms with Gasteiger partial charge in [0.05, 0.1) is 18.3 Å². The Bertz CT molecular complexity index is 1380. The minimum Gasteiger partial charge on any atom is -0.432 e. The summed E-state index contributed by atoms with van der Waals surface area (Å²) < 4.78 is 7.46. The standard InChI is InChI=1S/C30H33BrN2O5Si/c1-19-27(39(2,3)37)26(15-16-34)38-30(19)24-17-22(31)11-14-25(24)33(29(30)36)18-20-9-12-23(13-10-20)32-28(35)21-7-5-4-6-8-21/h4-14,17,19,26-27,34,37H,15-16,18H2,1-3H3,(H,32,35)/t19-,26+,27-,30+/m0/s1. The number of rotatable bonds is 7. The highest BCUT2D eigenvalue weighted by atomic mass is 79.9. The Labute approximate surface area is 238 Å². The smallest absolute Gasteiger partial charge is 0.264 e. The molecule has 9 heteroatoms. The lowest BCUT2D eigenvalue weighted by molar-refractivity contribution is -0.146. The lowest BCUT2D eigenvalue weighted by Crippen LogP contribution is -2.46. The second kappa shape index (κ2) is 10.6. The monoisotopic (exact) mass is 608 g/mol. The Kier molecular flexibility index (Phi) is 7.56. The second-order valence-electron chi connectivity index (χ2n) is 10.9. The van der Waals surface area contributed by atoms with Gasteiger partial charge in [-0.2, -0.15) is 0 Å². The van der Waals surface area contributed by atoms with Gasteiger partial charge in [0.15, 0.2) is 13.9 Å². The third-order valence-electron chi connectivity index (χ3n) is 7.95. The van der Waals surface area contributed by atoms with Crippen molar-refractivity contribution in [2.75, 3.05) is 16.8 Å². The van der Waals surface area contributed by atoms with Crippen molar-refractivity contribution in [3.05, 3.63) is 94.0 Å². The lowest BCUT2D eigenvalue weighted by atomic mass is 9.82. The topological polar surface area (TPSA) is 99.1 Å². The number of halogens is 1. The highest BCUT2D eigenvalue weighted by Crippen LogP contribution is 2.60. The Morgan fingerprint density at radius 1 is 1.10 bits per heavy atom. The van der Waals surface area contributed by atoms with Crippen LogP contribution >= 0.6 is 15.9 Å². The fraction of sp³-hybridized carbons (Fsp3) is 0.333. The van der Waals surface area contributed by atoms with Gasteiger partial charge in [0, 0.05) is 39.4 Å². The molecule has 4 atom stereocenters. The molecular weight excluding hydrogens is 576 g/mol. The van der Waals surface area contributed by atoms with Crippen LogP contribution in [0.3, 0.4) is 0 Å². The number of fused-ring (bicyclic) bond motifs is 2. The van der Waals surface area contributed by atoms with Gasteiger partial charge in [0.25, 0.3) is 11.8 Å². The molecule has 0 aliphatic carbocycles. The molecule has 1 saturated heterocycles. The number of ether oxygens (including phenoxy) is 1. The van der Waals surface area contributed by atoms with Crippen LogP contribution in [0.5, 0.6) is 0 Å². The highest BCUT2D eigenvalue weighted by molar-refractivity contribution is 9.10. The fourth-order valence-corrected chi connectivity index (χ4v) is 9.24. The van der Waals surface area contributed by atoms with E-state index in [1.807, 2.05) is 80.7 Å². The average Bonchev–Trinajstić information content (AvgIpc) is 3.32. The van der Waals surface area contributed by atoms with Gasteiger partial charge >= 0.3 is 0 Å². The van der Waals surface area contributed by atoms with E-state index in [1.54, 1.807) is 17.0 Å². The Hall–Kier alpha value is -2.82. The molecular formula is C30H33BrN2O5Si. The molecule has 0 aromatic heterocycles. The molecule has 2 heterocycles. The summed E-state index contributed by atoms with van der Waals surface area (Å²) in [5, 5.41) is 12.7. The SMILES string of the molecule is C[C@H]1[C@H]([Si](C)(C)O)[C@@H](CCO)O[C@]12C(=O)N(Cc1ccc(NC(=O)c3ccccc3)cc1)c1ccc(Br)cc12. The number of amides is 2. The average molecular weight is 610 g/mol. The first-order valence-corrected chi connectivity index (χ1v) is 17.0. The van der Waals surface area contributed by atoms with Crippen LogP contribution in [0.4, 0.5) is 11.4 Å². The van der Waals surface area contributed by atoms with Crippen LogP contribution in [0.25, 0.3) is 0 Å². The van der Waals surface area contributed by atoms with Crippen molar-refractivity contribution in [3.8, 4) is 0 Å². The predicted octanol–water partition coefficient (Wildman–Crippen LogP) is 5.43. The number of nitrogens with zero attached hydrogens (tertiary/aromatic N) is 1. The van der Waals surface area contributed by atoms with Crippen LogP contribution < -0.4 is 10.2 Å². The lowest BCUT2D eigenvalue weighted by Gasteiger charge is -2.32. The van der Waals surface area contributed by atoms with E-state index in [1.165, 1.54) is 0 Å². The third kappa shape index (κ3) is 4.98. The maximum Gasteiger partial charge on any atom is 0.264 e. The Morgan fingerprint density at radius 2 is 1.79 bits per heavy atom. The van der Waals surface area contributed by atoms with Crippen molar-refractivity contribution in [1.29, 1.82) is 0 Å². The van der Waals surface area contributed by atoms with E-state index >= 15 is 0 Å².